The van der Waals surface area contributed by atoms with Gasteiger partial charge in [0, 0.05) is 18.2 Å². The second-order valence-electron chi connectivity index (χ2n) is 6.00. The molecule has 1 aromatic rings. The van der Waals surface area contributed by atoms with Crippen LogP contribution in [0.5, 0.6) is 5.75 Å². The van der Waals surface area contributed by atoms with E-state index >= 15 is 0 Å². The van der Waals surface area contributed by atoms with Gasteiger partial charge in [0.15, 0.2) is 6.61 Å². The highest BCUT2D eigenvalue weighted by molar-refractivity contribution is 5.96. The maximum atomic E-state index is 12.2. The highest BCUT2D eigenvalue weighted by Crippen LogP contribution is 2.26. The Labute approximate surface area is 135 Å². The summed E-state index contributed by atoms with van der Waals surface area (Å²) in [6, 6.07) is 7.72. The highest BCUT2D eigenvalue weighted by atomic mass is 16.5. The van der Waals surface area contributed by atoms with Crippen molar-refractivity contribution >= 4 is 18.0 Å². The molecule has 1 fully saturated rings. The predicted octanol–water partition coefficient (Wildman–Crippen LogP) is 2.41. The van der Waals surface area contributed by atoms with Crippen molar-refractivity contribution in [1.82, 2.24) is 4.90 Å². The molecule has 3 rings (SSSR count). The fourth-order valence-electron chi connectivity index (χ4n) is 3.01. The molecule has 5 nitrogen and oxygen atoms in total. The van der Waals surface area contributed by atoms with E-state index in [1.54, 1.807) is 11.0 Å². The summed E-state index contributed by atoms with van der Waals surface area (Å²) in [6.45, 7) is 2.75. The maximum Gasteiger partial charge on any atom is 0.338 e. The van der Waals surface area contributed by atoms with Gasteiger partial charge in [-0.2, -0.15) is 0 Å². The predicted molar refractivity (Wildman–Crippen MR) is 85.9 cm³/mol. The molecular weight excluding hydrogens is 294 g/mol. The maximum absolute atomic E-state index is 12.2. The number of hydrogen-bond acceptors (Lipinski definition) is 4. The standard InChI is InChI=1S/C18H21NO4/c1-13-6-4-5-9-19(13)17(20)12-23-18(21)15-10-14-7-2-3-8-16(14)22-11-15/h2-3,7-8,10,13H,4-6,9,11-12H2,1H3/t13-/m1/s1. The van der Waals surface area contributed by atoms with E-state index in [9.17, 15) is 9.59 Å². The molecule has 0 aliphatic carbocycles. The van der Waals surface area contributed by atoms with E-state index in [-0.39, 0.29) is 25.2 Å². The Bertz CT molecular complexity index is 638. The molecule has 23 heavy (non-hydrogen) atoms. The fraction of sp³-hybridized carbons (Fsp3) is 0.444. The summed E-state index contributed by atoms with van der Waals surface area (Å²) in [5, 5.41) is 0. The summed E-state index contributed by atoms with van der Waals surface area (Å²) in [7, 11) is 0. The molecule has 1 amide bonds. The molecule has 0 N–H and O–H groups in total. The first-order chi connectivity index (χ1) is 11.1. The van der Waals surface area contributed by atoms with E-state index in [0.29, 0.717) is 5.57 Å². The Hall–Kier alpha value is -2.30. The van der Waals surface area contributed by atoms with Crippen molar-refractivity contribution in [3.05, 3.63) is 35.4 Å². The Kier molecular flexibility index (Phi) is 4.65. The molecular formula is C18H21NO4. The molecule has 1 saturated heterocycles. The second-order valence-corrected chi connectivity index (χ2v) is 6.00. The molecule has 2 aliphatic heterocycles. The molecule has 0 bridgehead atoms. The van der Waals surface area contributed by atoms with Crippen LogP contribution in [0.4, 0.5) is 0 Å². The monoisotopic (exact) mass is 315 g/mol. The third kappa shape index (κ3) is 3.55. The van der Waals surface area contributed by atoms with Crippen LogP contribution < -0.4 is 4.74 Å². The zero-order valence-corrected chi connectivity index (χ0v) is 13.3. The van der Waals surface area contributed by atoms with Gasteiger partial charge in [-0.1, -0.05) is 18.2 Å². The summed E-state index contributed by atoms with van der Waals surface area (Å²) in [4.78, 5) is 26.1. The number of amides is 1. The van der Waals surface area contributed by atoms with Crippen LogP contribution in [0.15, 0.2) is 29.8 Å². The van der Waals surface area contributed by atoms with Crippen LogP contribution >= 0.6 is 0 Å². The number of nitrogens with zero attached hydrogens (tertiary/aromatic N) is 1. The van der Waals surface area contributed by atoms with Crippen LogP contribution in [0.1, 0.15) is 31.7 Å². The lowest BCUT2D eigenvalue weighted by atomic mass is 10.0. The lowest BCUT2D eigenvalue weighted by Gasteiger charge is -2.33. The minimum Gasteiger partial charge on any atom is -0.488 e. The van der Waals surface area contributed by atoms with E-state index in [0.717, 1.165) is 37.1 Å². The zero-order chi connectivity index (χ0) is 16.2. The first kappa shape index (κ1) is 15.6. The Morgan fingerprint density at radius 2 is 2.13 bits per heavy atom. The van der Waals surface area contributed by atoms with Crippen LogP contribution in [-0.4, -0.2) is 42.6 Å². The molecule has 1 atom stereocenters. The molecule has 0 aromatic heterocycles. The van der Waals surface area contributed by atoms with Gasteiger partial charge in [-0.3, -0.25) is 4.79 Å². The van der Waals surface area contributed by atoms with Crippen LogP contribution in [0.25, 0.3) is 6.08 Å². The molecule has 122 valence electrons. The third-order valence-electron chi connectivity index (χ3n) is 4.34. The number of ether oxygens (including phenoxy) is 2. The number of rotatable bonds is 3. The number of benzene rings is 1. The molecule has 2 aliphatic rings. The van der Waals surface area contributed by atoms with E-state index < -0.39 is 5.97 Å². The zero-order valence-electron chi connectivity index (χ0n) is 13.3. The summed E-state index contributed by atoms with van der Waals surface area (Å²) < 4.78 is 10.7. The van der Waals surface area contributed by atoms with Crippen molar-refractivity contribution < 1.29 is 19.1 Å². The van der Waals surface area contributed by atoms with Crippen molar-refractivity contribution in [3.63, 3.8) is 0 Å². The number of likely N-dealkylation sites (tertiary alicyclic amines) is 1. The van der Waals surface area contributed by atoms with Crippen molar-refractivity contribution in [1.29, 1.82) is 0 Å². The number of piperidine rings is 1. The average Bonchev–Trinajstić information content (AvgIpc) is 2.59. The van der Waals surface area contributed by atoms with Gasteiger partial charge >= 0.3 is 5.97 Å². The van der Waals surface area contributed by atoms with E-state index in [1.165, 1.54) is 0 Å². The number of carbonyl (C=O) groups is 2. The second kappa shape index (κ2) is 6.86. The van der Waals surface area contributed by atoms with Gasteiger partial charge in [0.05, 0.1) is 5.57 Å². The smallest absolute Gasteiger partial charge is 0.338 e. The van der Waals surface area contributed by atoms with Gasteiger partial charge in [0.2, 0.25) is 0 Å². The lowest BCUT2D eigenvalue weighted by Crippen LogP contribution is -2.44. The normalized spacial score (nSPS) is 20.1. The molecule has 0 saturated carbocycles. The number of esters is 1. The quantitative estimate of drug-likeness (QED) is 0.804. The Balaban J connectivity index is 1.58. The third-order valence-corrected chi connectivity index (χ3v) is 4.34. The number of hydrogen-bond donors (Lipinski definition) is 0. The van der Waals surface area contributed by atoms with Crippen molar-refractivity contribution in [3.8, 4) is 5.75 Å². The van der Waals surface area contributed by atoms with Gasteiger partial charge in [-0.15, -0.1) is 0 Å². The largest absolute Gasteiger partial charge is 0.488 e. The Morgan fingerprint density at radius 3 is 2.96 bits per heavy atom. The van der Waals surface area contributed by atoms with Crippen molar-refractivity contribution in [2.75, 3.05) is 19.8 Å². The fourth-order valence-corrected chi connectivity index (χ4v) is 3.01. The minimum absolute atomic E-state index is 0.122. The first-order valence-corrected chi connectivity index (χ1v) is 8.04. The number of para-hydroxylation sites is 1. The topological polar surface area (TPSA) is 55.8 Å². The van der Waals surface area contributed by atoms with Gasteiger partial charge in [0.1, 0.15) is 12.4 Å². The molecule has 0 unspecified atom stereocenters. The van der Waals surface area contributed by atoms with Crippen LogP contribution in [0, 0.1) is 0 Å². The SMILES string of the molecule is C[C@@H]1CCCCN1C(=O)COC(=O)C1=Cc2ccccc2OC1. The van der Waals surface area contributed by atoms with Gasteiger partial charge in [-0.05, 0) is 38.3 Å². The van der Waals surface area contributed by atoms with Gasteiger partial charge in [0.25, 0.3) is 5.91 Å². The average molecular weight is 315 g/mol. The summed E-state index contributed by atoms with van der Waals surface area (Å²) in [5.41, 5.74) is 1.28. The highest BCUT2D eigenvalue weighted by Gasteiger charge is 2.25. The van der Waals surface area contributed by atoms with E-state index in [2.05, 4.69) is 0 Å². The van der Waals surface area contributed by atoms with E-state index in [1.807, 2.05) is 31.2 Å². The number of carbonyl (C=O) groups excluding carboxylic acids is 2. The molecule has 1 aromatic carbocycles. The van der Waals surface area contributed by atoms with Crippen molar-refractivity contribution in [2.24, 2.45) is 0 Å². The van der Waals surface area contributed by atoms with Crippen LogP contribution in [0.2, 0.25) is 0 Å². The van der Waals surface area contributed by atoms with Gasteiger partial charge in [-0.25, -0.2) is 4.79 Å². The molecule has 0 spiro atoms. The lowest BCUT2D eigenvalue weighted by molar-refractivity contribution is -0.150. The number of fused-ring (bicyclic) bond motifs is 1. The molecule has 0 radical (unpaired) electrons. The van der Waals surface area contributed by atoms with Gasteiger partial charge < -0.3 is 14.4 Å². The van der Waals surface area contributed by atoms with E-state index in [4.69, 9.17) is 9.47 Å². The minimum atomic E-state index is -0.488. The molecule has 5 heteroatoms. The van der Waals surface area contributed by atoms with Crippen LogP contribution in [-0.2, 0) is 14.3 Å². The summed E-state index contributed by atoms with van der Waals surface area (Å²) in [5.74, 6) is 0.142. The Morgan fingerprint density at radius 1 is 1.30 bits per heavy atom. The summed E-state index contributed by atoms with van der Waals surface area (Å²) >= 11 is 0. The molecule has 2 heterocycles. The first-order valence-electron chi connectivity index (χ1n) is 8.04. The van der Waals surface area contributed by atoms with Crippen molar-refractivity contribution in [2.45, 2.75) is 32.2 Å². The summed E-state index contributed by atoms with van der Waals surface area (Å²) in [6.07, 6.45) is 4.93. The van der Waals surface area contributed by atoms with Crippen LogP contribution in [0.3, 0.4) is 0 Å².